The van der Waals surface area contributed by atoms with Crippen LogP contribution in [-0.4, -0.2) is 12.3 Å². The van der Waals surface area contributed by atoms with Crippen LogP contribution >= 0.6 is 17.2 Å². The van der Waals surface area contributed by atoms with Gasteiger partial charge in [0.1, 0.15) is 0 Å². The molecule has 2 aromatic carbocycles. The fourth-order valence-electron chi connectivity index (χ4n) is 3.24. The van der Waals surface area contributed by atoms with Crippen molar-refractivity contribution in [3.05, 3.63) is 60.7 Å². The molecule has 0 fully saturated rings. The molecule has 0 saturated heterocycles. The third kappa shape index (κ3) is 11.1. The average molecular weight is 386 g/mol. The van der Waals surface area contributed by atoms with E-state index in [0.717, 1.165) is 17.2 Å². The van der Waals surface area contributed by atoms with Gasteiger partial charge in [0.2, 0.25) is 0 Å². The molecule has 0 amide bonds. The van der Waals surface area contributed by atoms with Gasteiger partial charge in [0.05, 0.1) is 0 Å². The molecule has 0 aromatic heterocycles. The van der Waals surface area contributed by atoms with Crippen molar-refractivity contribution in [3.63, 3.8) is 0 Å². The minimum Gasteiger partial charge on any atom is -0.0904 e. The minimum absolute atomic E-state index is 1.01. The maximum atomic E-state index is 2.26. The third-order valence-corrected chi connectivity index (χ3v) is 7.50. The van der Waals surface area contributed by atoms with Crippen LogP contribution in [0.2, 0.25) is 0 Å². The lowest BCUT2D eigenvalue weighted by atomic mass is 10.1. The van der Waals surface area contributed by atoms with Crippen molar-refractivity contribution >= 4 is 27.8 Å². The highest BCUT2D eigenvalue weighted by atomic mass is 31.1. The van der Waals surface area contributed by atoms with Gasteiger partial charge in [0, 0.05) is 0 Å². The van der Waals surface area contributed by atoms with Gasteiger partial charge < -0.3 is 0 Å². The van der Waals surface area contributed by atoms with E-state index in [4.69, 9.17) is 0 Å². The Morgan fingerprint density at radius 1 is 0.385 bits per heavy atom. The molecule has 0 aliphatic heterocycles. The largest absolute Gasteiger partial charge is 0.0904 e. The molecule has 2 unspecified atom stereocenters. The minimum atomic E-state index is 1.01. The molecule has 0 radical (unpaired) electrons. The van der Waals surface area contributed by atoms with Crippen LogP contribution in [0.5, 0.6) is 0 Å². The van der Waals surface area contributed by atoms with E-state index in [1.807, 2.05) is 0 Å². The van der Waals surface area contributed by atoms with Gasteiger partial charge in [-0.05, 0) is 35.8 Å². The number of hydrogen-bond acceptors (Lipinski definition) is 0. The Bertz CT molecular complexity index is 487. The monoisotopic (exact) mass is 386 g/mol. The summed E-state index contributed by atoms with van der Waals surface area (Å²) in [6.07, 6.45) is 17.1. The summed E-state index contributed by atoms with van der Waals surface area (Å²) in [4.78, 5) is 0. The van der Waals surface area contributed by atoms with Crippen LogP contribution in [0.25, 0.3) is 0 Å². The molecule has 0 spiro atoms. The van der Waals surface area contributed by atoms with E-state index in [2.05, 4.69) is 60.7 Å². The molecule has 26 heavy (non-hydrogen) atoms. The molecule has 2 heteroatoms. The van der Waals surface area contributed by atoms with Crippen molar-refractivity contribution in [2.75, 3.05) is 12.3 Å². The molecule has 0 aliphatic carbocycles. The normalized spacial score (nSPS) is 11.8. The molecule has 2 aromatic rings. The van der Waals surface area contributed by atoms with E-state index in [1.165, 1.54) is 87.1 Å². The predicted octanol–water partition coefficient (Wildman–Crippen LogP) is 6.90. The zero-order valence-electron chi connectivity index (χ0n) is 16.3. The second kappa shape index (κ2) is 15.4. The van der Waals surface area contributed by atoms with Crippen LogP contribution in [0.4, 0.5) is 0 Å². The van der Waals surface area contributed by atoms with Crippen molar-refractivity contribution in [3.8, 4) is 0 Å². The standard InChI is InChI=1S/C24H36P2/c1(3-5-7-15-21-25-23-17-11-9-12-18-23)2-4-6-8-16-22-26-24-19-13-10-14-20-24/h9-14,17-20,25-26H,1-8,15-16,21-22H2. The number of rotatable bonds is 15. The summed E-state index contributed by atoms with van der Waals surface area (Å²) < 4.78 is 0. The lowest BCUT2D eigenvalue weighted by Crippen LogP contribution is -1.93. The first kappa shape index (κ1) is 21.6. The van der Waals surface area contributed by atoms with Crippen LogP contribution in [0.3, 0.4) is 0 Å². The SMILES string of the molecule is c1ccc(PCCCCCCCCCCCCPc2ccccc2)cc1. The third-order valence-electron chi connectivity index (χ3n) is 4.81. The van der Waals surface area contributed by atoms with Crippen molar-refractivity contribution in [2.24, 2.45) is 0 Å². The Balaban J connectivity index is 1.28. The van der Waals surface area contributed by atoms with Crippen molar-refractivity contribution < 1.29 is 0 Å². The van der Waals surface area contributed by atoms with Crippen LogP contribution in [0.15, 0.2) is 60.7 Å². The molecule has 2 atom stereocenters. The summed E-state index contributed by atoms with van der Waals surface area (Å²) in [5, 5.41) is 3.05. The van der Waals surface area contributed by atoms with Gasteiger partial charge in [0.15, 0.2) is 0 Å². The molecule has 0 aliphatic rings. The van der Waals surface area contributed by atoms with Crippen molar-refractivity contribution in [2.45, 2.75) is 64.2 Å². The van der Waals surface area contributed by atoms with E-state index in [1.54, 1.807) is 0 Å². The smallest absolute Gasteiger partial charge is 0.0271 e. The molecule has 0 nitrogen and oxygen atoms in total. The van der Waals surface area contributed by atoms with Crippen LogP contribution in [0.1, 0.15) is 64.2 Å². The maximum Gasteiger partial charge on any atom is -0.0271 e. The summed E-state index contributed by atoms with van der Waals surface area (Å²) in [7, 11) is 2.01. The van der Waals surface area contributed by atoms with Crippen molar-refractivity contribution in [1.82, 2.24) is 0 Å². The topological polar surface area (TPSA) is 0 Å². The second-order valence-corrected chi connectivity index (χ2v) is 9.98. The quantitative estimate of drug-likeness (QED) is 0.231. The average Bonchev–Trinajstić information content (AvgIpc) is 2.70. The number of hydrogen-bond donors (Lipinski definition) is 0. The summed E-state index contributed by atoms with van der Waals surface area (Å²) in [5.41, 5.74) is 0. The summed E-state index contributed by atoms with van der Waals surface area (Å²) >= 11 is 0. The van der Waals surface area contributed by atoms with Gasteiger partial charge in [-0.2, -0.15) is 0 Å². The first-order valence-corrected chi connectivity index (χ1v) is 12.9. The Hall–Kier alpha value is -0.700. The molecule has 0 bridgehead atoms. The molecule has 0 N–H and O–H groups in total. The first-order chi connectivity index (χ1) is 12.9. The fourth-order valence-corrected chi connectivity index (χ4v) is 5.53. The van der Waals surface area contributed by atoms with Crippen LogP contribution < -0.4 is 10.6 Å². The fraction of sp³-hybridized carbons (Fsp3) is 0.500. The Kier molecular flexibility index (Phi) is 12.8. The highest BCUT2D eigenvalue weighted by molar-refractivity contribution is 7.47. The maximum absolute atomic E-state index is 2.26. The van der Waals surface area contributed by atoms with Gasteiger partial charge in [-0.15, -0.1) is 0 Å². The van der Waals surface area contributed by atoms with E-state index < -0.39 is 0 Å². The lowest BCUT2D eigenvalue weighted by molar-refractivity contribution is 0.563. The predicted molar refractivity (Wildman–Crippen MR) is 125 cm³/mol. The molecule has 142 valence electrons. The van der Waals surface area contributed by atoms with Gasteiger partial charge in [-0.25, -0.2) is 0 Å². The van der Waals surface area contributed by atoms with E-state index in [0.29, 0.717) is 0 Å². The summed E-state index contributed by atoms with van der Waals surface area (Å²) in [6.45, 7) is 0. The number of benzene rings is 2. The second-order valence-electron chi connectivity index (χ2n) is 7.12. The Labute approximate surface area is 165 Å². The molecular formula is C24H36P2. The number of unbranched alkanes of at least 4 members (excludes halogenated alkanes) is 9. The summed E-state index contributed by atoms with van der Waals surface area (Å²) in [5.74, 6) is 0. The highest BCUT2D eigenvalue weighted by Crippen LogP contribution is 2.17. The van der Waals surface area contributed by atoms with Crippen molar-refractivity contribution in [1.29, 1.82) is 0 Å². The highest BCUT2D eigenvalue weighted by Gasteiger charge is 1.96. The van der Waals surface area contributed by atoms with Gasteiger partial charge >= 0.3 is 0 Å². The lowest BCUT2D eigenvalue weighted by Gasteiger charge is -2.04. The Morgan fingerprint density at radius 2 is 0.692 bits per heavy atom. The van der Waals surface area contributed by atoms with Gasteiger partial charge in [-0.1, -0.05) is 129 Å². The van der Waals surface area contributed by atoms with E-state index in [-0.39, 0.29) is 0 Å². The molecular weight excluding hydrogens is 350 g/mol. The Morgan fingerprint density at radius 3 is 1.04 bits per heavy atom. The first-order valence-electron chi connectivity index (χ1n) is 10.5. The van der Waals surface area contributed by atoms with Crippen LogP contribution in [-0.2, 0) is 0 Å². The van der Waals surface area contributed by atoms with E-state index >= 15 is 0 Å². The van der Waals surface area contributed by atoms with Gasteiger partial charge in [0.25, 0.3) is 0 Å². The van der Waals surface area contributed by atoms with Gasteiger partial charge in [-0.3, -0.25) is 0 Å². The zero-order chi connectivity index (χ0) is 18.1. The van der Waals surface area contributed by atoms with Crippen LogP contribution in [0, 0.1) is 0 Å². The molecule has 0 heterocycles. The zero-order valence-corrected chi connectivity index (χ0v) is 18.3. The molecule has 2 rings (SSSR count). The van der Waals surface area contributed by atoms with E-state index in [9.17, 15) is 0 Å². The summed E-state index contributed by atoms with van der Waals surface area (Å²) in [6, 6.07) is 21.9. The molecule has 0 saturated carbocycles.